The van der Waals surface area contributed by atoms with E-state index in [9.17, 15) is 10.1 Å². The van der Waals surface area contributed by atoms with Gasteiger partial charge in [-0.3, -0.25) is 4.79 Å². The molecule has 0 aliphatic heterocycles. The van der Waals surface area contributed by atoms with Crippen molar-refractivity contribution in [3.05, 3.63) is 33.8 Å². The fourth-order valence-electron chi connectivity index (χ4n) is 1.95. The molecule has 1 saturated carbocycles. The van der Waals surface area contributed by atoms with Crippen LogP contribution in [-0.4, -0.2) is 6.29 Å². The number of aldehydes is 1. The van der Waals surface area contributed by atoms with Crippen LogP contribution in [0.25, 0.3) is 0 Å². The van der Waals surface area contributed by atoms with E-state index in [1.165, 1.54) is 0 Å². The molecule has 2 rings (SSSR count). The highest BCUT2D eigenvalue weighted by atomic mass is 79.9. The summed E-state index contributed by atoms with van der Waals surface area (Å²) in [5.41, 5.74) is 1.25. The predicted octanol–water partition coefficient (Wildman–Crippen LogP) is 3.21. The van der Waals surface area contributed by atoms with E-state index in [0.717, 1.165) is 35.6 Å². The number of halogens is 1. The van der Waals surface area contributed by atoms with Crippen LogP contribution in [0.5, 0.6) is 0 Å². The van der Waals surface area contributed by atoms with Gasteiger partial charge in [-0.25, -0.2) is 0 Å². The third-order valence-corrected chi connectivity index (χ3v) is 3.49. The molecule has 0 saturated heterocycles. The molecule has 0 atom stereocenters. The molecule has 0 N–H and O–H groups in total. The molecule has 0 heterocycles. The number of hydrogen-bond donors (Lipinski definition) is 0. The zero-order chi connectivity index (χ0) is 10.9. The fraction of sp³-hybridized carbons (Fsp3) is 0.333. The Balaban J connectivity index is 2.48. The molecule has 1 aliphatic rings. The van der Waals surface area contributed by atoms with Crippen LogP contribution in [0.4, 0.5) is 0 Å². The summed E-state index contributed by atoms with van der Waals surface area (Å²) in [7, 11) is 0. The molecule has 3 heteroatoms. The van der Waals surface area contributed by atoms with Crippen LogP contribution in [0, 0.1) is 11.3 Å². The van der Waals surface area contributed by atoms with Gasteiger partial charge in [0.2, 0.25) is 0 Å². The topological polar surface area (TPSA) is 40.9 Å². The van der Waals surface area contributed by atoms with E-state index in [2.05, 4.69) is 22.0 Å². The first-order valence-corrected chi connectivity index (χ1v) is 5.67. The SMILES string of the molecule is N#CC1(c2cc(Br)cc(C=O)c2)CCC1. The second-order valence-electron chi connectivity index (χ2n) is 3.94. The van der Waals surface area contributed by atoms with Gasteiger partial charge < -0.3 is 0 Å². The van der Waals surface area contributed by atoms with Gasteiger partial charge in [0.1, 0.15) is 6.29 Å². The molecule has 0 radical (unpaired) electrons. The van der Waals surface area contributed by atoms with Crippen LogP contribution in [0.1, 0.15) is 35.2 Å². The minimum Gasteiger partial charge on any atom is -0.298 e. The molecule has 0 unspecified atom stereocenters. The first kappa shape index (κ1) is 10.4. The van der Waals surface area contributed by atoms with Crippen LogP contribution < -0.4 is 0 Å². The van der Waals surface area contributed by atoms with Crippen molar-refractivity contribution in [1.29, 1.82) is 5.26 Å². The van der Waals surface area contributed by atoms with E-state index in [4.69, 9.17) is 0 Å². The van der Waals surface area contributed by atoms with Crippen LogP contribution in [0.3, 0.4) is 0 Å². The van der Waals surface area contributed by atoms with Crippen LogP contribution in [-0.2, 0) is 5.41 Å². The Bertz CT molecular complexity index is 443. The third-order valence-electron chi connectivity index (χ3n) is 3.03. The van der Waals surface area contributed by atoms with E-state index >= 15 is 0 Å². The quantitative estimate of drug-likeness (QED) is 0.769. The average molecular weight is 264 g/mol. The first-order valence-electron chi connectivity index (χ1n) is 4.88. The first-order chi connectivity index (χ1) is 7.20. The van der Waals surface area contributed by atoms with Gasteiger partial charge in [0.25, 0.3) is 0 Å². The van der Waals surface area contributed by atoms with Gasteiger partial charge in [0.05, 0.1) is 11.5 Å². The minimum absolute atomic E-state index is 0.346. The number of rotatable bonds is 2. The second kappa shape index (κ2) is 3.79. The summed E-state index contributed by atoms with van der Waals surface area (Å²) in [6.07, 6.45) is 3.71. The van der Waals surface area contributed by atoms with Crippen molar-refractivity contribution < 1.29 is 4.79 Å². The van der Waals surface area contributed by atoms with Gasteiger partial charge in [-0.05, 0) is 43.0 Å². The third kappa shape index (κ3) is 1.70. The van der Waals surface area contributed by atoms with Gasteiger partial charge >= 0.3 is 0 Å². The van der Waals surface area contributed by atoms with E-state index in [1.54, 1.807) is 6.07 Å². The maximum atomic E-state index is 10.7. The second-order valence-corrected chi connectivity index (χ2v) is 4.85. The molecular weight excluding hydrogens is 254 g/mol. The standard InChI is InChI=1S/C12H10BrNO/c13-11-5-9(7-15)4-10(6-11)12(8-14)2-1-3-12/h4-7H,1-3H2. The molecule has 0 spiro atoms. The molecule has 0 bridgehead atoms. The summed E-state index contributed by atoms with van der Waals surface area (Å²) in [5.74, 6) is 0. The molecular formula is C12H10BrNO. The van der Waals surface area contributed by atoms with Crippen molar-refractivity contribution in [1.82, 2.24) is 0 Å². The molecule has 1 aliphatic carbocycles. The number of benzene rings is 1. The highest BCUT2D eigenvalue weighted by Gasteiger charge is 2.39. The van der Waals surface area contributed by atoms with E-state index in [0.29, 0.717) is 5.56 Å². The summed E-state index contributed by atoms with van der Waals surface area (Å²) in [4.78, 5) is 10.7. The van der Waals surface area contributed by atoms with E-state index in [-0.39, 0.29) is 5.41 Å². The van der Waals surface area contributed by atoms with Gasteiger partial charge in [-0.2, -0.15) is 5.26 Å². The Morgan fingerprint density at radius 1 is 1.40 bits per heavy atom. The Labute approximate surface area is 97.0 Å². The van der Waals surface area contributed by atoms with Crippen molar-refractivity contribution in [3.63, 3.8) is 0 Å². The Kier molecular flexibility index (Phi) is 2.62. The maximum absolute atomic E-state index is 10.7. The summed E-state index contributed by atoms with van der Waals surface area (Å²) >= 11 is 3.36. The molecule has 0 aromatic heterocycles. The number of nitriles is 1. The van der Waals surface area contributed by atoms with Crippen molar-refractivity contribution >= 4 is 22.2 Å². The zero-order valence-corrected chi connectivity index (χ0v) is 9.75. The van der Waals surface area contributed by atoms with Crippen LogP contribution in [0.2, 0.25) is 0 Å². The molecule has 1 aromatic carbocycles. The monoisotopic (exact) mass is 263 g/mol. The molecule has 2 nitrogen and oxygen atoms in total. The molecule has 15 heavy (non-hydrogen) atoms. The minimum atomic E-state index is -0.346. The van der Waals surface area contributed by atoms with Gasteiger partial charge in [-0.15, -0.1) is 0 Å². The fourth-order valence-corrected chi connectivity index (χ4v) is 2.46. The molecule has 0 amide bonds. The summed E-state index contributed by atoms with van der Waals surface area (Å²) in [6, 6.07) is 7.90. The molecule has 1 aromatic rings. The number of hydrogen-bond acceptors (Lipinski definition) is 2. The summed E-state index contributed by atoms with van der Waals surface area (Å²) in [5, 5.41) is 9.19. The highest BCUT2D eigenvalue weighted by molar-refractivity contribution is 9.10. The van der Waals surface area contributed by atoms with Crippen LogP contribution >= 0.6 is 15.9 Å². The van der Waals surface area contributed by atoms with Crippen molar-refractivity contribution in [2.75, 3.05) is 0 Å². The van der Waals surface area contributed by atoms with Crippen molar-refractivity contribution in [2.45, 2.75) is 24.7 Å². The van der Waals surface area contributed by atoms with Gasteiger partial charge in [0.15, 0.2) is 0 Å². The molecule has 1 fully saturated rings. The largest absolute Gasteiger partial charge is 0.298 e. The average Bonchev–Trinajstić information content (AvgIpc) is 2.16. The lowest BCUT2D eigenvalue weighted by atomic mass is 9.65. The van der Waals surface area contributed by atoms with Crippen molar-refractivity contribution in [2.24, 2.45) is 0 Å². The van der Waals surface area contributed by atoms with Crippen molar-refractivity contribution in [3.8, 4) is 6.07 Å². The predicted molar refractivity (Wildman–Crippen MR) is 60.7 cm³/mol. The maximum Gasteiger partial charge on any atom is 0.150 e. The highest BCUT2D eigenvalue weighted by Crippen LogP contribution is 2.43. The molecule has 76 valence electrons. The Morgan fingerprint density at radius 3 is 2.60 bits per heavy atom. The lowest BCUT2D eigenvalue weighted by molar-refractivity contribution is 0.112. The normalized spacial score (nSPS) is 17.6. The number of carbonyl (C=O) groups is 1. The Morgan fingerprint density at radius 2 is 2.13 bits per heavy atom. The smallest absolute Gasteiger partial charge is 0.150 e. The number of carbonyl (C=O) groups excluding carboxylic acids is 1. The van der Waals surface area contributed by atoms with E-state index in [1.807, 2.05) is 12.1 Å². The zero-order valence-electron chi connectivity index (χ0n) is 8.16. The lowest BCUT2D eigenvalue weighted by Gasteiger charge is -2.35. The lowest BCUT2D eigenvalue weighted by Crippen LogP contribution is -2.32. The van der Waals surface area contributed by atoms with Gasteiger partial charge in [0, 0.05) is 10.0 Å². The number of nitrogens with zero attached hydrogens (tertiary/aromatic N) is 1. The Hall–Kier alpha value is -1.14. The summed E-state index contributed by atoms with van der Waals surface area (Å²) < 4.78 is 0.864. The summed E-state index contributed by atoms with van der Waals surface area (Å²) in [6.45, 7) is 0. The van der Waals surface area contributed by atoms with Gasteiger partial charge in [-0.1, -0.05) is 15.9 Å². The van der Waals surface area contributed by atoms with E-state index < -0.39 is 0 Å². The van der Waals surface area contributed by atoms with Crippen LogP contribution in [0.15, 0.2) is 22.7 Å².